The lowest BCUT2D eigenvalue weighted by atomic mass is 10.1. The molecule has 1 amide bonds. The van der Waals surface area contributed by atoms with Gasteiger partial charge in [-0.05, 0) is 12.6 Å². The third kappa shape index (κ3) is 4.47. The van der Waals surface area contributed by atoms with Gasteiger partial charge in [-0.3, -0.25) is 9.69 Å². The summed E-state index contributed by atoms with van der Waals surface area (Å²) >= 11 is 0. The van der Waals surface area contributed by atoms with Crippen LogP contribution in [0, 0.1) is 0 Å². The smallest absolute Gasteiger partial charge is 0.223 e. The second kappa shape index (κ2) is 7.13. The Hall–Kier alpha value is -1.39. The van der Waals surface area contributed by atoms with E-state index in [4.69, 9.17) is 5.73 Å². The zero-order valence-electron chi connectivity index (χ0n) is 11.5. The molecule has 0 spiro atoms. The fraction of sp³-hybridized carbons (Fsp3) is 0.500. The predicted molar refractivity (Wildman–Crippen MR) is 74.1 cm³/mol. The van der Waals surface area contributed by atoms with E-state index in [0.717, 1.165) is 6.54 Å². The van der Waals surface area contributed by atoms with Crippen LogP contribution < -0.4 is 5.73 Å². The summed E-state index contributed by atoms with van der Waals surface area (Å²) in [5.41, 5.74) is 7.00. The zero-order chi connectivity index (χ0) is 13.5. The van der Waals surface area contributed by atoms with Gasteiger partial charge in [0.05, 0.1) is 0 Å². The van der Waals surface area contributed by atoms with Crippen LogP contribution in [-0.4, -0.2) is 49.4 Å². The number of rotatable bonds is 6. The highest BCUT2D eigenvalue weighted by atomic mass is 16.2. The average Bonchev–Trinajstić information content (AvgIpc) is 2.36. The standard InChI is InChI=1S/C14H23N3O/c1-16(2)14(18)9-13(10-15)17(3)11-12-7-5-4-6-8-12/h4-8,13H,9-11,15H2,1-3H3. The minimum absolute atomic E-state index is 0.0834. The molecule has 0 saturated carbocycles. The molecule has 0 fully saturated rings. The molecular weight excluding hydrogens is 226 g/mol. The molecule has 0 aliphatic heterocycles. The maximum absolute atomic E-state index is 11.7. The van der Waals surface area contributed by atoms with E-state index in [-0.39, 0.29) is 11.9 Å². The molecular formula is C14H23N3O. The summed E-state index contributed by atoms with van der Waals surface area (Å²) in [4.78, 5) is 15.5. The second-order valence-electron chi connectivity index (χ2n) is 4.78. The molecule has 0 aromatic heterocycles. The molecule has 0 saturated heterocycles. The largest absolute Gasteiger partial charge is 0.349 e. The summed E-state index contributed by atoms with van der Waals surface area (Å²) < 4.78 is 0. The summed E-state index contributed by atoms with van der Waals surface area (Å²) in [7, 11) is 5.55. The number of hydrogen-bond donors (Lipinski definition) is 1. The van der Waals surface area contributed by atoms with Crippen molar-refractivity contribution in [2.24, 2.45) is 5.73 Å². The quantitative estimate of drug-likeness (QED) is 0.816. The third-order valence-electron chi connectivity index (χ3n) is 3.08. The fourth-order valence-electron chi connectivity index (χ4n) is 1.80. The maximum Gasteiger partial charge on any atom is 0.223 e. The minimum Gasteiger partial charge on any atom is -0.349 e. The molecule has 1 atom stereocenters. The van der Waals surface area contributed by atoms with Crippen molar-refractivity contribution in [3.05, 3.63) is 35.9 Å². The molecule has 0 aliphatic carbocycles. The van der Waals surface area contributed by atoms with E-state index in [2.05, 4.69) is 17.0 Å². The lowest BCUT2D eigenvalue weighted by molar-refractivity contribution is -0.129. The fourth-order valence-corrected chi connectivity index (χ4v) is 1.80. The van der Waals surface area contributed by atoms with Crippen LogP contribution in [-0.2, 0) is 11.3 Å². The molecule has 0 radical (unpaired) electrons. The summed E-state index contributed by atoms with van der Waals surface area (Å²) in [5, 5.41) is 0. The van der Waals surface area contributed by atoms with Crippen LogP contribution in [0.5, 0.6) is 0 Å². The van der Waals surface area contributed by atoms with Crippen LogP contribution in [0.15, 0.2) is 30.3 Å². The van der Waals surface area contributed by atoms with E-state index in [1.165, 1.54) is 5.56 Å². The van der Waals surface area contributed by atoms with Crippen LogP contribution in [0.3, 0.4) is 0 Å². The Labute approximate surface area is 109 Å². The minimum atomic E-state index is 0.0834. The highest BCUT2D eigenvalue weighted by Crippen LogP contribution is 2.08. The molecule has 1 aromatic rings. The lowest BCUT2D eigenvalue weighted by Gasteiger charge is -2.27. The second-order valence-corrected chi connectivity index (χ2v) is 4.78. The first-order valence-electron chi connectivity index (χ1n) is 6.19. The Morgan fingerprint density at radius 3 is 2.33 bits per heavy atom. The number of carbonyl (C=O) groups excluding carboxylic acids is 1. The van der Waals surface area contributed by atoms with Gasteiger partial charge >= 0.3 is 0 Å². The van der Waals surface area contributed by atoms with Crippen LogP contribution >= 0.6 is 0 Å². The molecule has 0 heterocycles. The monoisotopic (exact) mass is 249 g/mol. The Balaban J connectivity index is 2.57. The Morgan fingerprint density at radius 2 is 1.83 bits per heavy atom. The van der Waals surface area contributed by atoms with Crippen molar-refractivity contribution in [2.45, 2.75) is 19.0 Å². The number of amides is 1. The number of nitrogens with zero attached hydrogens (tertiary/aromatic N) is 2. The Bertz CT molecular complexity index is 365. The molecule has 4 nitrogen and oxygen atoms in total. The number of nitrogens with two attached hydrogens (primary N) is 1. The average molecular weight is 249 g/mol. The SMILES string of the molecule is CN(C)C(=O)CC(CN)N(C)Cc1ccccc1. The van der Waals surface area contributed by atoms with Crippen LogP contribution in [0.1, 0.15) is 12.0 Å². The Kier molecular flexibility index (Phi) is 5.82. The highest BCUT2D eigenvalue weighted by molar-refractivity contribution is 5.76. The molecule has 4 heteroatoms. The van der Waals surface area contributed by atoms with E-state index in [0.29, 0.717) is 13.0 Å². The predicted octanol–water partition coefficient (Wildman–Crippen LogP) is 0.924. The van der Waals surface area contributed by atoms with Crippen molar-refractivity contribution in [2.75, 3.05) is 27.7 Å². The van der Waals surface area contributed by atoms with Gasteiger partial charge in [0.1, 0.15) is 0 Å². The van der Waals surface area contributed by atoms with Gasteiger partial charge in [-0.15, -0.1) is 0 Å². The summed E-state index contributed by atoms with van der Waals surface area (Å²) in [6, 6.07) is 10.3. The zero-order valence-corrected chi connectivity index (χ0v) is 11.5. The molecule has 18 heavy (non-hydrogen) atoms. The molecule has 1 unspecified atom stereocenters. The number of hydrogen-bond acceptors (Lipinski definition) is 3. The van der Waals surface area contributed by atoms with Crippen molar-refractivity contribution in [1.29, 1.82) is 0 Å². The van der Waals surface area contributed by atoms with Gasteiger partial charge in [0.2, 0.25) is 5.91 Å². The molecule has 2 N–H and O–H groups in total. The van der Waals surface area contributed by atoms with Gasteiger partial charge in [-0.25, -0.2) is 0 Å². The van der Waals surface area contributed by atoms with Gasteiger partial charge in [0, 0.05) is 39.6 Å². The van der Waals surface area contributed by atoms with Gasteiger partial charge in [0.25, 0.3) is 0 Å². The molecule has 0 aliphatic rings. The van der Waals surface area contributed by atoms with Crippen LogP contribution in [0.4, 0.5) is 0 Å². The van der Waals surface area contributed by atoms with E-state index in [1.807, 2.05) is 25.2 Å². The van der Waals surface area contributed by atoms with Crippen LogP contribution in [0.2, 0.25) is 0 Å². The van der Waals surface area contributed by atoms with Crippen molar-refractivity contribution >= 4 is 5.91 Å². The van der Waals surface area contributed by atoms with Gasteiger partial charge < -0.3 is 10.6 Å². The first kappa shape index (κ1) is 14.7. The van der Waals surface area contributed by atoms with Crippen molar-refractivity contribution in [3.63, 3.8) is 0 Å². The van der Waals surface area contributed by atoms with Crippen LogP contribution in [0.25, 0.3) is 0 Å². The summed E-state index contributed by atoms with van der Waals surface area (Å²) in [6.07, 6.45) is 0.465. The molecule has 100 valence electrons. The first-order chi connectivity index (χ1) is 8.54. The number of likely N-dealkylation sites (N-methyl/N-ethyl adjacent to an activating group) is 1. The topological polar surface area (TPSA) is 49.6 Å². The first-order valence-corrected chi connectivity index (χ1v) is 6.19. The summed E-state index contributed by atoms with van der Waals surface area (Å²) in [5.74, 6) is 0.116. The molecule has 0 bridgehead atoms. The number of benzene rings is 1. The third-order valence-corrected chi connectivity index (χ3v) is 3.08. The van der Waals surface area contributed by atoms with Crippen molar-refractivity contribution < 1.29 is 4.79 Å². The molecule has 1 rings (SSSR count). The van der Waals surface area contributed by atoms with E-state index in [1.54, 1.807) is 19.0 Å². The van der Waals surface area contributed by atoms with E-state index >= 15 is 0 Å². The van der Waals surface area contributed by atoms with Crippen molar-refractivity contribution in [3.8, 4) is 0 Å². The van der Waals surface area contributed by atoms with Crippen molar-refractivity contribution in [1.82, 2.24) is 9.80 Å². The van der Waals surface area contributed by atoms with E-state index < -0.39 is 0 Å². The number of carbonyl (C=O) groups is 1. The van der Waals surface area contributed by atoms with Gasteiger partial charge in [0.15, 0.2) is 0 Å². The summed E-state index contributed by atoms with van der Waals surface area (Å²) in [6.45, 7) is 1.30. The molecule has 1 aromatic carbocycles. The normalized spacial score (nSPS) is 12.5. The van der Waals surface area contributed by atoms with E-state index in [9.17, 15) is 4.79 Å². The Morgan fingerprint density at radius 1 is 1.22 bits per heavy atom. The maximum atomic E-state index is 11.7. The van der Waals surface area contributed by atoms with Gasteiger partial charge in [-0.2, -0.15) is 0 Å². The van der Waals surface area contributed by atoms with Gasteiger partial charge in [-0.1, -0.05) is 30.3 Å². The highest BCUT2D eigenvalue weighted by Gasteiger charge is 2.18. The lowest BCUT2D eigenvalue weighted by Crippen LogP contribution is -2.41.